The van der Waals surface area contributed by atoms with Gasteiger partial charge in [0.05, 0.1) is 25.0 Å². The molecule has 0 radical (unpaired) electrons. The van der Waals surface area contributed by atoms with Gasteiger partial charge in [0.1, 0.15) is 11.7 Å². The first-order chi connectivity index (χ1) is 18.5. The van der Waals surface area contributed by atoms with Crippen LogP contribution in [-0.2, 0) is 34.9 Å². The second kappa shape index (κ2) is 13.0. The second-order valence-electron chi connectivity index (χ2n) is 9.58. The normalized spacial score (nSPS) is 15.8. The quantitative estimate of drug-likeness (QED) is 0.260. The molecular formula is C25H29BN4O9. The van der Waals surface area contributed by atoms with Crippen molar-refractivity contribution in [2.75, 3.05) is 0 Å². The Morgan fingerprint density at radius 1 is 1.03 bits per heavy atom. The second-order valence-corrected chi connectivity index (χ2v) is 9.58. The van der Waals surface area contributed by atoms with Crippen molar-refractivity contribution in [2.24, 2.45) is 5.92 Å². The van der Waals surface area contributed by atoms with Crippen molar-refractivity contribution in [3.8, 4) is 0 Å². The number of carboxylic acid groups (broad SMARTS) is 2. The minimum absolute atomic E-state index is 0.00210. The first kappa shape index (κ1) is 29.2. The Balaban J connectivity index is 1.85. The Hall–Kier alpha value is -4.33. The number of aromatic nitrogens is 2. The number of carbonyl (C=O) groups excluding carboxylic acids is 3. The van der Waals surface area contributed by atoms with Crippen LogP contribution < -0.4 is 10.6 Å². The highest BCUT2D eigenvalue weighted by Crippen LogP contribution is 2.32. The third kappa shape index (κ3) is 8.08. The number of nitrogens with one attached hydrogen (secondary N) is 2. The van der Waals surface area contributed by atoms with Gasteiger partial charge in [0.15, 0.2) is 5.60 Å². The number of hydrogen-bond donors (Lipinski definition) is 4. The summed E-state index contributed by atoms with van der Waals surface area (Å²) in [6, 6.07) is 7.86. The molecule has 1 aliphatic rings. The predicted molar refractivity (Wildman–Crippen MR) is 135 cm³/mol. The summed E-state index contributed by atoms with van der Waals surface area (Å²) < 4.78 is 10.9. The maximum Gasteiger partial charge on any atom is 0.552 e. The number of aliphatic carboxylic acids is 2. The van der Waals surface area contributed by atoms with Crippen molar-refractivity contribution in [3.05, 3.63) is 60.2 Å². The molecule has 206 valence electrons. The van der Waals surface area contributed by atoms with E-state index >= 15 is 0 Å². The predicted octanol–water partition coefficient (Wildman–Crippen LogP) is 0.638. The summed E-state index contributed by atoms with van der Waals surface area (Å²) in [5.74, 6) is -6.33. The minimum Gasteiger partial charge on any atom is -0.506 e. The Kier molecular flexibility index (Phi) is 9.71. The van der Waals surface area contributed by atoms with Gasteiger partial charge in [-0.3, -0.25) is 29.0 Å². The lowest BCUT2D eigenvalue weighted by Crippen LogP contribution is -2.55. The molecule has 2 atom stereocenters. The average molecular weight is 540 g/mol. The number of carboxylic acids is 2. The molecule has 2 amide bonds. The van der Waals surface area contributed by atoms with Crippen LogP contribution in [0.2, 0.25) is 0 Å². The monoisotopic (exact) mass is 540 g/mol. The van der Waals surface area contributed by atoms with Gasteiger partial charge in [-0.2, -0.15) is 0 Å². The van der Waals surface area contributed by atoms with E-state index in [-0.39, 0.29) is 24.5 Å². The molecule has 0 aliphatic carbocycles. The first-order valence-corrected chi connectivity index (χ1v) is 12.2. The summed E-state index contributed by atoms with van der Waals surface area (Å²) in [7, 11) is -1.45. The zero-order chi connectivity index (χ0) is 28.6. The smallest absolute Gasteiger partial charge is 0.506 e. The zero-order valence-corrected chi connectivity index (χ0v) is 21.4. The molecule has 1 fully saturated rings. The fraction of sp³-hybridized carbons (Fsp3) is 0.400. The fourth-order valence-corrected chi connectivity index (χ4v) is 4.19. The van der Waals surface area contributed by atoms with Crippen molar-refractivity contribution in [2.45, 2.75) is 57.1 Å². The highest BCUT2D eigenvalue weighted by Gasteiger charge is 2.58. The molecule has 1 saturated heterocycles. The van der Waals surface area contributed by atoms with Crippen LogP contribution >= 0.6 is 0 Å². The Morgan fingerprint density at radius 2 is 1.69 bits per heavy atom. The minimum atomic E-state index is -2.24. The fourth-order valence-electron chi connectivity index (χ4n) is 4.19. The number of benzene rings is 1. The van der Waals surface area contributed by atoms with Gasteiger partial charge in [-0.25, -0.2) is 4.98 Å². The summed E-state index contributed by atoms with van der Waals surface area (Å²) >= 11 is 0. The van der Waals surface area contributed by atoms with Crippen LogP contribution in [0.25, 0.3) is 0 Å². The Morgan fingerprint density at radius 3 is 2.26 bits per heavy atom. The van der Waals surface area contributed by atoms with Gasteiger partial charge in [0.2, 0.25) is 5.91 Å². The molecule has 3 rings (SSSR count). The molecule has 2 unspecified atom stereocenters. The SMILES string of the molecule is CC(C)CC(NC(=O)C(Cc1ccccc1)NC(=O)c1cnccn1)B1OC(=O)C(CC(=O)O)(CC(=O)O)O1. The molecule has 2 heterocycles. The van der Waals surface area contributed by atoms with E-state index in [4.69, 9.17) is 9.31 Å². The van der Waals surface area contributed by atoms with Crippen LogP contribution in [-0.4, -0.2) is 74.6 Å². The first-order valence-electron chi connectivity index (χ1n) is 12.2. The summed E-state index contributed by atoms with van der Waals surface area (Å²) in [5, 5.41) is 23.9. The molecule has 13 nitrogen and oxygen atoms in total. The molecule has 1 aliphatic heterocycles. The van der Waals surface area contributed by atoms with Crippen LogP contribution in [0.3, 0.4) is 0 Å². The van der Waals surface area contributed by atoms with Crippen molar-refractivity contribution in [1.82, 2.24) is 20.6 Å². The van der Waals surface area contributed by atoms with Crippen LogP contribution in [0.4, 0.5) is 0 Å². The number of nitrogens with zero attached hydrogens (tertiary/aromatic N) is 2. The highest BCUT2D eigenvalue weighted by molar-refractivity contribution is 6.51. The molecule has 4 N–H and O–H groups in total. The largest absolute Gasteiger partial charge is 0.552 e. The van der Waals surface area contributed by atoms with Crippen molar-refractivity contribution in [1.29, 1.82) is 0 Å². The molecule has 2 aromatic rings. The van der Waals surface area contributed by atoms with Gasteiger partial charge in [0, 0.05) is 18.8 Å². The number of carbonyl (C=O) groups is 5. The number of rotatable bonds is 13. The van der Waals surface area contributed by atoms with Crippen molar-refractivity contribution >= 4 is 36.8 Å². The lowest BCUT2D eigenvalue weighted by atomic mass is 9.73. The summed E-state index contributed by atoms with van der Waals surface area (Å²) in [4.78, 5) is 69.6. The zero-order valence-electron chi connectivity index (χ0n) is 21.4. The number of amides is 2. The van der Waals surface area contributed by atoms with E-state index in [2.05, 4.69) is 20.6 Å². The van der Waals surface area contributed by atoms with Crippen LogP contribution in [0.15, 0.2) is 48.9 Å². The molecule has 14 heteroatoms. The standard InChI is InChI=1S/C25H29BN4O9/c1-15(2)10-19(26-38-24(37)25(39-26,12-20(31)32)13-21(33)34)30-22(35)17(11-16-6-4-3-5-7-16)29-23(36)18-14-27-8-9-28-18/h3-9,14-15,17,19H,10-13H2,1-2H3,(H,29,36)(H,30,35)(H,31,32)(H,33,34). The molecule has 0 spiro atoms. The average Bonchev–Trinajstić information content (AvgIpc) is 3.18. The van der Waals surface area contributed by atoms with Gasteiger partial charge in [0.25, 0.3) is 5.91 Å². The Labute approximate surface area is 224 Å². The van der Waals surface area contributed by atoms with Gasteiger partial charge >= 0.3 is 25.0 Å². The van der Waals surface area contributed by atoms with Crippen molar-refractivity contribution in [3.63, 3.8) is 0 Å². The summed E-state index contributed by atoms with van der Waals surface area (Å²) in [5.41, 5.74) is -1.49. The van der Waals surface area contributed by atoms with Crippen LogP contribution in [0, 0.1) is 5.92 Å². The van der Waals surface area contributed by atoms with Gasteiger partial charge < -0.3 is 30.2 Å². The van der Waals surface area contributed by atoms with E-state index < -0.39 is 67.3 Å². The summed E-state index contributed by atoms with van der Waals surface area (Å²) in [6.45, 7) is 3.68. The lowest BCUT2D eigenvalue weighted by molar-refractivity contribution is -0.157. The van der Waals surface area contributed by atoms with Gasteiger partial charge in [-0.15, -0.1) is 0 Å². The molecule has 1 aromatic carbocycles. The van der Waals surface area contributed by atoms with E-state index in [1.165, 1.54) is 18.6 Å². The van der Waals surface area contributed by atoms with Gasteiger partial charge in [-0.05, 0) is 17.9 Å². The molecule has 0 bridgehead atoms. The Bertz CT molecular complexity index is 1180. The van der Waals surface area contributed by atoms with Gasteiger partial charge in [-0.1, -0.05) is 44.2 Å². The molecule has 1 aromatic heterocycles. The van der Waals surface area contributed by atoms with E-state index in [1.54, 1.807) is 24.3 Å². The maximum absolute atomic E-state index is 13.5. The molecular weight excluding hydrogens is 511 g/mol. The highest BCUT2D eigenvalue weighted by atomic mass is 16.7. The third-order valence-corrected chi connectivity index (χ3v) is 5.89. The van der Waals surface area contributed by atoms with Crippen molar-refractivity contribution < 1.29 is 43.5 Å². The van der Waals surface area contributed by atoms with E-state index in [9.17, 15) is 34.2 Å². The number of hydrogen-bond acceptors (Lipinski definition) is 9. The summed E-state index contributed by atoms with van der Waals surface area (Å²) in [6.07, 6.45) is 2.48. The maximum atomic E-state index is 13.5. The molecule has 39 heavy (non-hydrogen) atoms. The lowest BCUT2D eigenvalue weighted by Gasteiger charge is -2.26. The van der Waals surface area contributed by atoms with Crippen LogP contribution in [0.5, 0.6) is 0 Å². The third-order valence-electron chi connectivity index (χ3n) is 5.89. The molecule has 0 saturated carbocycles. The van der Waals surface area contributed by atoms with E-state index in [1.807, 2.05) is 19.9 Å². The topological polar surface area (TPSA) is 194 Å². The van der Waals surface area contributed by atoms with Crippen LogP contribution in [0.1, 0.15) is 49.2 Å². The van der Waals surface area contributed by atoms with E-state index in [0.717, 1.165) is 5.56 Å². The van der Waals surface area contributed by atoms with E-state index in [0.29, 0.717) is 0 Å².